The van der Waals surface area contributed by atoms with Crippen molar-refractivity contribution in [3.8, 4) is 5.75 Å². The van der Waals surface area contributed by atoms with Gasteiger partial charge in [-0.2, -0.15) is 0 Å². The van der Waals surface area contributed by atoms with Gasteiger partial charge < -0.3 is 19.9 Å². The lowest BCUT2D eigenvalue weighted by Gasteiger charge is -2.32. The molecule has 0 bridgehead atoms. The van der Waals surface area contributed by atoms with Crippen molar-refractivity contribution in [2.45, 2.75) is 25.9 Å². The number of rotatable bonds is 10. The molecule has 4 aromatic carbocycles. The second-order valence-electron chi connectivity index (χ2n) is 9.78. The largest absolute Gasteiger partial charge is 0.497 e. The molecule has 4 aromatic rings. The summed E-state index contributed by atoms with van der Waals surface area (Å²) in [6.45, 7) is 2.31. The van der Waals surface area contributed by atoms with Crippen LogP contribution < -0.4 is 15.0 Å². The molecule has 6 nitrogen and oxygen atoms in total. The number of ether oxygens (including phenoxy) is 1. The Kier molecular flexibility index (Phi) is 9.00. The summed E-state index contributed by atoms with van der Waals surface area (Å²) in [7, 11) is 5.53. The Morgan fingerprint density at radius 2 is 1.44 bits per heavy atom. The van der Waals surface area contributed by atoms with Crippen LogP contribution in [0.4, 0.5) is 11.4 Å². The van der Waals surface area contributed by atoms with Crippen LogP contribution >= 0.6 is 0 Å². The molecule has 0 fully saturated rings. The smallest absolute Gasteiger partial charge is 0.251 e. The molecule has 0 aromatic heterocycles. The van der Waals surface area contributed by atoms with Gasteiger partial charge in [0.1, 0.15) is 11.8 Å². The van der Waals surface area contributed by atoms with E-state index in [0.717, 1.165) is 22.4 Å². The van der Waals surface area contributed by atoms with Crippen LogP contribution in [0.1, 0.15) is 28.3 Å². The van der Waals surface area contributed by atoms with Crippen LogP contribution in [0, 0.1) is 6.92 Å². The van der Waals surface area contributed by atoms with Gasteiger partial charge in [-0.15, -0.1) is 0 Å². The van der Waals surface area contributed by atoms with Crippen LogP contribution in [0.3, 0.4) is 0 Å². The molecule has 0 saturated heterocycles. The predicted octanol–water partition coefficient (Wildman–Crippen LogP) is 6.02. The molecule has 6 heteroatoms. The van der Waals surface area contributed by atoms with E-state index in [0.29, 0.717) is 17.0 Å². The van der Waals surface area contributed by atoms with Gasteiger partial charge in [-0.1, -0.05) is 72.3 Å². The Labute approximate surface area is 230 Å². The zero-order valence-corrected chi connectivity index (χ0v) is 22.9. The molecule has 4 rings (SSSR count). The third-order valence-corrected chi connectivity index (χ3v) is 6.63. The summed E-state index contributed by atoms with van der Waals surface area (Å²) in [6.07, 6.45) is 0.185. The molecule has 1 N–H and O–H groups in total. The number of carbonyl (C=O) groups is 2. The number of nitrogens with one attached hydrogen (secondary N) is 1. The minimum Gasteiger partial charge on any atom is -0.497 e. The van der Waals surface area contributed by atoms with Gasteiger partial charge in [-0.25, -0.2) is 0 Å². The maximum Gasteiger partial charge on any atom is 0.251 e. The van der Waals surface area contributed by atoms with Gasteiger partial charge in [-0.05, 0) is 60.0 Å². The highest BCUT2D eigenvalue weighted by atomic mass is 16.5. The van der Waals surface area contributed by atoms with E-state index in [4.69, 9.17) is 4.74 Å². The van der Waals surface area contributed by atoms with E-state index in [1.807, 2.05) is 129 Å². The Hall–Kier alpha value is -4.58. The second kappa shape index (κ2) is 12.8. The fourth-order valence-electron chi connectivity index (χ4n) is 4.40. The SMILES string of the molecule is COc1ccc(C(C(=O)Nc2ccc(N(C)C)cc2)N(Cc2ccc(C)cc2)C(=O)Cc2ccccc2)cc1. The Balaban J connectivity index is 1.72. The topological polar surface area (TPSA) is 61.9 Å². The van der Waals surface area contributed by atoms with Crippen LogP contribution in [0.2, 0.25) is 0 Å². The van der Waals surface area contributed by atoms with Crippen molar-refractivity contribution in [2.24, 2.45) is 0 Å². The molecule has 0 radical (unpaired) electrons. The Morgan fingerprint density at radius 1 is 0.795 bits per heavy atom. The van der Waals surface area contributed by atoms with Crippen LogP contribution in [0.5, 0.6) is 5.75 Å². The van der Waals surface area contributed by atoms with Crippen LogP contribution in [-0.2, 0) is 22.6 Å². The van der Waals surface area contributed by atoms with Crippen molar-refractivity contribution in [2.75, 3.05) is 31.4 Å². The summed E-state index contributed by atoms with van der Waals surface area (Å²) in [5.74, 6) is 0.255. The number of nitrogens with zero attached hydrogens (tertiary/aromatic N) is 2. The highest BCUT2D eigenvalue weighted by molar-refractivity contribution is 5.98. The normalized spacial score (nSPS) is 11.4. The first-order chi connectivity index (χ1) is 18.8. The molecule has 0 heterocycles. The molecule has 200 valence electrons. The lowest BCUT2D eigenvalue weighted by molar-refractivity contribution is -0.139. The van der Waals surface area contributed by atoms with E-state index in [2.05, 4.69) is 5.32 Å². The second-order valence-corrected chi connectivity index (χ2v) is 9.78. The predicted molar refractivity (Wildman–Crippen MR) is 157 cm³/mol. The van der Waals surface area contributed by atoms with E-state index < -0.39 is 6.04 Å². The molecule has 0 aliphatic carbocycles. The summed E-state index contributed by atoms with van der Waals surface area (Å²) in [6, 6.07) is 31.7. The van der Waals surface area contributed by atoms with Gasteiger partial charge >= 0.3 is 0 Å². The van der Waals surface area contributed by atoms with E-state index >= 15 is 0 Å². The zero-order valence-electron chi connectivity index (χ0n) is 22.9. The molecule has 0 aliphatic heterocycles. The summed E-state index contributed by atoms with van der Waals surface area (Å²) < 4.78 is 5.34. The van der Waals surface area contributed by atoms with Crippen molar-refractivity contribution >= 4 is 23.2 Å². The molecule has 39 heavy (non-hydrogen) atoms. The first kappa shape index (κ1) is 27.5. The monoisotopic (exact) mass is 521 g/mol. The zero-order chi connectivity index (χ0) is 27.8. The number of aryl methyl sites for hydroxylation is 1. The van der Waals surface area contributed by atoms with Gasteiger partial charge in [0.2, 0.25) is 5.91 Å². The minimum atomic E-state index is -0.859. The molecule has 2 amide bonds. The summed E-state index contributed by atoms with van der Waals surface area (Å²) in [5, 5.41) is 3.05. The van der Waals surface area contributed by atoms with E-state index in [9.17, 15) is 9.59 Å². The minimum absolute atomic E-state index is 0.138. The van der Waals surface area contributed by atoms with E-state index in [1.165, 1.54) is 0 Å². The third-order valence-electron chi connectivity index (χ3n) is 6.63. The Bertz CT molecular complexity index is 1370. The maximum absolute atomic E-state index is 14.0. The first-order valence-corrected chi connectivity index (χ1v) is 12.9. The quantitative estimate of drug-likeness (QED) is 0.277. The molecule has 0 saturated carbocycles. The lowest BCUT2D eigenvalue weighted by Crippen LogP contribution is -2.41. The van der Waals surface area contributed by atoms with Crippen LogP contribution in [-0.4, -0.2) is 37.9 Å². The van der Waals surface area contributed by atoms with Crippen molar-refractivity contribution in [3.05, 3.63) is 125 Å². The molecule has 1 unspecified atom stereocenters. The molecule has 0 spiro atoms. The molecule has 1 atom stereocenters. The summed E-state index contributed by atoms with van der Waals surface area (Å²) in [5.41, 5.74) is 5.36. The molecular formula is C33H35N3O3. The van der Waals surface area contributed by atoms with E-state index in [1.54, 1.807) is 12.0 Å². The third kappa shape index (κ3) is 7.26. The highest BCUT2D eigenvalue weighted by Crippen LogP contribution is 2.28. The number of anilines is 2. The van der Waals surface area contributed by atoms with Crippen LogP contribution in [0.15, 0.2) is 103 Å². The summed E-state index contributed by atoms with van der Waals surface area (Å²) in [4.78, 5) is 31.6. The van der Waals surface area contributed by atoms with Crippen molar-refractivity contribution in [3.63, 3.8) is 0 Å². The van der Waals surface area contributed by atoms with Gasteiger partial charge in [0.15, 0.2) is 0 Å². The van der Waals surface area contributed by atoms with Crippen LogP contribution in [0.25, 0.3) is 0 Å². The molecular weight excluding hydrogens is 486 g/mol. The number of hydrogen-bond donors (Lipinski definition) is 1. The maximum atomic E-state index is 14.0. The number of methoxy groups -OCH3 is 1. The van der Waals surface area contributed by atoms with Gasteiger partial charge in [0, 0.05) is 32.0 Å². The standard InChI is InChI=1S/C33H35N3O3/c1-24-10-12-26(13-11-24)23-36(31(37)22-25-8-6-5-7-9-25)32(27-14-20-30(39-4)21-15-27)33(38)34-28-16-18-29(19-17-28)35(2)3/h5-21,32H,22-23H2,1-4H3,(H,34,38). The van der Waals surface area contributed by atoms with Crippen molar-refractivity contribution in [1.82, 2.24) is 4.90 Å². The van der Waals surface area contributed by atoms with E-state index in [-0.39, 0.29) is 24.8 Å². The summed E-state index contributed by atoms with van der Waals surface area (Å²) >= 11 is 0. The number of amides is 2. The van der Waals surface area contributed by atoms with Crippen molar-refractivity contribution < 1.29 is 14.3 Å². The first-order valence-electron chi connectivity index (χ1n) is 12.9. The Morgan fingerprint density at radius 3 is 2.03 bits per heavy atom. The highest BCUT2D eigenvalue weighted by Gasteiger charge is 2.32. The van der Waals surface area contributed by atoms with Crippen molar-refractivity contribution in [1.29, 1.82) is 0 Å². The number of hydrogen-bond acceptors (Lipinski definition) is 4. The fraction of sp³-hybridized carbons (Fsp3) is 0.212. The average molecular weight is 522 g/mol. The van der Waals surface area contributed by atoms with Gasteiger partial charge in [0.05, 0.1) is 13.5 Å². The van der Waals surface area contributed by atoms with Gasteiger partial charge in [0.25, 0.3) is 5.91 Å². The lowest BCUT2D eigenvalue weighted by atomic mass is 10.0. The number of carbonyl (C=O) groups excluding carboxylic acids is 2. The van der Waals surface area contributed by atoms with Gasteiger partial charge in [-0.3, -0.25) is 9.59 Å². The molecule has 0 aliphatic rings. The average Bonchev–Trinajstić information content (AvgIpc) is 2.95. The number of benzene rings is 4. The fourth-order valence-corrected chi connectivity index (χ4v) is 4.40.